The predicted molar refractivity (Wildman–Crippen MR) is 83.9 cm³/mol. The summed E-state index contributed by atoms with van der Waals surface area (Å²) >= 11 is 0. The number of hydrogen-bond acceptors (Lipinski definition) is 7. The molecule has 3 rings (SSSR count). The maximum Gasteiger partial charge on any atom is 0.374 e. The molecule has 0 bridgehead atoms. The standard InChI is InChI=1S/C17H20N2O5/c1-10-14-12(20)8-11(16-19-5-7-22-16)9-13(14)24-15(10)17(21)23-6-3-2-4-18/h5,7,11H,2-4,6,8-9,18H2,1H3. The van der Waals surface area contributed by atoms with E-state index < -0.39 is 5.97 Å². The van der Waals surface area contributed by atoms with Crippen molar-refractivity contribution in [3.05, 3.63) is 41.0 Å². The molecule has 0 aromatic carbocycles. The van der Waals surface area contributed by atoms with Gasteiger partial charge in [0.15, 0.2) is 11.7 Å². The SMILES string of the molecule is Cc1c(C(=O)OCCCCN)oc2c1C(=O)CC(c1ncco1)C2. The third-order valence-electron chi connectivity index (χ3n) is 4.18. The van der Waals surface area contributed by atoms with Gasteiger partial charge in [0.1, 0.15) is 12.0 Å². The minimum Gasteiger partial charge on any atom is -0.460 e. The average Bonchev–Trinajstić information content (AvgIpc) is 3.20. The maximum atomic E-state index is 12.5. The van der Waals surface area contributed by atoms with Crippen LogP contribution < -0.4 is 5.73 Å². The van der Waals surface area contributed by atoms with Gasteiger partial charge in [-0.3, -0.25) is 4.79 Å². The second-order valence-electron chi connectivity index (χ2n) is 5.88. The molecular weight excluding hydrogens is 312 g/mol. The summed E-state index contributed by atoms with van der Waals surface area (Å²) in [6.07, 6.45) is 5.28. The number of Topliss-reactive ketones (excluding diaryl/α,β-unsaturated/α-hetero) is 1. The number of unbranched alkanes of at least 4 members (excludes halogenated alkanes) is 1. The molecule has 0 saturated carbocycles. The topological polar surface area (TPSA) is 109 Å². The molecule has 1 atom stereocenters. The van der Waals surface area contributed by atoms with E-state index in [0.717, 1.165) is 6.42 Å². The van der Waals surface area contributed by atoms with Gasteiger partial charge < -0.3 is 19.3 Å². The van der Waals surface area contributed by atoms with Crippen LogP contribution in [0.3, 0.4) is 0 Å². The first-order chi connectivity index (χ1) is 11.6. The van der Waals surface area contributed by atoms with Crippen molar-refractivity contribution in [3.8, 4) is 0 Å². The smallest absolute Gasteiger partial charge is 0.374 e. The normalized spacial score (nSPS) is 16.9. The lowest BCUT2D eigenvalue weighted by atomic mass is 9.85. The van der Waals surface area contributed by atoms with E-state index in [1.807, 2.05) is 0 Å². The van der Waals surface area contributed by atoms with Crippen molar-refractivity contribution in [3.63, 3.8) is 0 Å². The van der Waals surface area contributed by atoms with Gasteiger partial charge in [0, 0.05) is 24.3 Å². The van der Waals surface area contributed by atoms with Gasteiger partial charge in [-0.1, -0.05) is 0 Å². The minimum atomic E-state index is -0.542. The molecule has 2 aromatic heterocycles. The Hall–Kier alpha value is -2.41. The molecule has 2 N–H and O–H groups in total. The Morgan fingerprint density at radius 2 is 2.25 bits per heavy atom. The van der Waals surface area contributed by atoms with Crippen LogP contribution in [-0.4, -0.2) is 29.9 Å². The Bertz CT molecular complexity index is 732. The number of nitrogens with two attached hydrogens (primary N) is 1. The van der Waals surface area contributed by atoms with Crippen molar-refractivity contribution in [2.75, 3.05) is 13.2 Å². The van der Waals surface area contributed by atoms with Crippen LogP contribution in [0, 0.1) is 6.92 Å². The van der Waals surface area contributed by atoms with Gasteiger partial charge >= 0.3 is 5.97 Å². The van der Waals surface area contributed by atoms with Gasteiger partial charge in [0.25, 0.3) is 0 Å². The van der Waals surface area contributed by atoms with Crippen LogP contribution in [0.4, 0.5) is 0 Å². The van der Waals surface area contributed by atoms with Crippen LogP contribution in [-0.2, 0) is 11.2 Å². The fourth-order valence-electron chi connectivity index (χ4n) is 2.99. The highest BCUT2D eigenvalue weighted by atomic mass is 16.5. The molecule has 7 heteroatoms. The van der Waals surface area contributed by atoms with Gasteiger partial charge in [0.05, 0.1) is 18.4 Å². The summed E-state index contributed by atoms with van der Waals surface area (Å²) in [5.41, 5.74) is 6.44. The summed E-state index contributed by atoms with van der Waals surface area (Å²) in [4.78, 5) is 28.7. The highest BCUT2D eigenvalue weighted by molar-refractivity contribution is 6.02. The molecule has 1 aliphatic carbocycles. The molecule has 2 aromatic rings. The van der Waals surface area contributed by atoms with Crippen molar-refractivity contribution in [2.45, 2.75) is 38.5 Å². The molecule has 7 nitrogen and oxygen atoms in total. The summed E-state index contributed by atoms with van der Waals surface area (Å²) in [5.74, 6) is 0.338. The number of hydrogen-bond donors (Lipinski definition) is 1. The molecule has 2 heterocycles. The van der Waals surface area contributed by atoms with Gasteiger partial charge in [-0.05, 0) is 26.3 Å². The van der Waals surface area contributed by atoms with Crippen LogP contribution in [0.2, 0.25) is 0 Å². The van der Waals surface area contributed by atoms with Crippen molar-refractivity contribution in [1.29, 1.82) is 0 Å². The monoisotopic (exact) mass is 332 g/mol. The maximum absolute atomic E-state index is 12.5. The van der Waals surface area contributed by atoms with Crippen molar-refractivity contribution >= 4 is 11.8 Å². The zero-order valence-electron chi connectivity index (χ0n) is 13.5. The number of ether oxygens (including phenoxy) is 1. The summed E-state index contributed by atoms with van der Waals surface area (Å²) in [6.45, 7) is 2.55. The summed E-state index contributed by atoms with van der Waals surface area (Å²) in [5, 5.41) is 0. The second-order valence-corrected chi connectivity index (χ2v) is 5.88. The average molecular weight is 332 g/mol. The molecule has 0 amide bonds. The fraction of sp³-hybridized carbons (Fsp3) is 0.471. The van der Waals surface area contributed by atoms with E-state index in [0.29, 0.717) is 48.6 Å². The van der Waals surface area contributed by atoms with E-state index in [9.17, 15) is 9.59 Å². The van der Waals surface area contributed by atoms with Crippen LogP contribution in [0.25, 0.3) is 0 Å². The summed E-state index contributed by atoms with van der Waals surface area (Å²) < 4.78 is 16.1. The van der Waals surface area contributed by atoms with Crippen molar-refractivity contribution in [1.82, 2.24) is 4.98 Å². The second kappa shape index (κ2) is 7.00. The highest BCUT2D eigenvalue weighted by Crippen LogP contribution is 2.36. The minimum absolute atomic E-state index is 0.0668. The first-order valence-corrected chi connectivity index (χ1v) is 8.03. The Balaban J connectivity index is 1.77. The zero-order valence-corrected chi connectivity index (χ0v) is 13.5. The molecule has 0 spiro atoms. The van der Waals surface area contributed by atoms with E-state index in [1.165, 1.54) is 6.26 Å². The van der Waals surface area contributed by atoms with Crippen LogP contribution in [0.1, 0.15) is 63.3 Å². The van der Waals surface area contributed by atoms with Crippen LogP contribution >= 0.6 is 0 Å². The number of oxazole rings is 1. The van der Waals surface area contributed by atoms with Gasteiger partial charge in [-0.25, -0.2) is 9.78 Å². The first kappa shape index (κ1) is 16.4. The molecule has 1 unspecified atom stereocenters. The van der Waals surface area contributed by atoms with Crippen molar-refractivity contribution < 1.29 is 23.2 Å². The van der Waals surface area contributed by atoms with Gasteiger partial charge in [0.2, 0.25) is 5.76 Å². The lowest BCUT2D eigenvalue weighted by Gasteiger charge is -2.17. The first-order valence-electron chi connectivity index (χ1n) is 8.03. The predicted octanol–water partition coefficient (Wildman–Crippen LogP) is 2.38. The number of nitrogens with zero attached hydrogens (tertiary/aromatic N) is 1. The number of carbonyl (C=O) groups excluding carboxylic acids is 2. The van der Waals surface area contributed by atoms with E-state index in [1.54, 1.807) is 13.1 Å². The van der Waals surface area contributed by atoms with Crippen LogP contribution in [0.5, 0.6) is 0 Å². The lowest BCUT2D eigenvalue weighted by molar-refractivity contribution is 0.0459. The number of carbonyl (C=O) groups is 2. The molecule has 0 aliphatic heterocycles. The van der Waals surface area contributed by atoms with Gasteiger partial charge in [-0.2, -0.15) is 0 Å². The Morgan fingerprint density at radius 1 is 1.42 bits per heavy atom. The van der Waals surface area contributed by atoms with Gasteiger partial charge in [-0.15, -0.1) is 0 Å². The number of ketones is 1. The van der Waals surface area contributed by atoms with E-state index in [-0.39, 0.29) is 24.1 Å². The van der Waals surface area contributed by atoms with Crippen LogP contribution in [0.15, 0.2) is 21.3 Å². The molecule has 0 radical (unpaired) electrons. The molecule has 1 aliphatic rings. The number of furan rings is 1. The number of aromatic nitrogens is 1. The zero-order chi connectivity index (χ0) is 17.1. The summed E-state index contributed by atoms with van der Waals surface area (Å²) in [6, 6.07) is 0. The quantitative estimate of drug-likeness (QED) is 0.639. The number of esters is 1. The molecule has 24 heavy (non-hydrogen) atoms. The summed E-state index contributed by atoms with van der Waals surface area (Å²) in [7, 11) is 0. The van der Waals surface area contributed by atoms with Crippen molar-refractivity contribution in [2.24, 2.45) is 5.73 Å². The largest absolute Gasteiger partial charge is 0.460 e. The Morgan fingerprint density at radius 3 is 2.96 bits per heavy atom. The number of rotatable bonds is 6. The Kier molecular flexibility index (Phi) is 4.80. The lowest BCUT2D eigenvalue weighted by Crippen LogP contribution is -2.18. The number of fused-ring (bicyclic) bond motifs is 1. The van der Waals surface area contributed by atoms with E-state index in [4.69, 9.17) is 19.3 Å². The molecular formula is C17H20N2O5. The Labute approximate surface area is 139 Å². The molecule has 0 fully saturated rings. The third-order valence-corrected chi connectivity index (χ3v) is 4.18. The fourth-order valence-corrected chi connectivity index (χ4v) is 2.99. The van der Waals surface area contributed by atoms with E-state index >= 15 is 0 Å². The third kappa shape index (κ3) is 3.12. The van der Waals surface area contributed by atoms with E-state index in [2.05, 4.69) is 4.98 Å². The highest BCUT2D eigenvalue weighted by Gasteiger charge is 2.35. The molecule has 0 saturated heterocycles. The molecule has 128 valence electrons.